The van der Waals surface area contributed by atoms with E-state index < -0.39 is 0 Å². The summed E-state index contributed by atoms with van der Waals surface area (Å²) < 4.78 is 5.05. The summed E-state index contributed by atoms with van der Waals surface area (Å²) in [6.45, 7) is 3.03. The molecule has 0 amide bonds. The van der Waals surface area contributed by atoms with Gasteiger partial charge in [0, 0.05) is 19.7 Å². The number of hydrogen-bond acceptors (Lipinski definition) is 3. The highest BCUT2D eigenvalue weighted by Gasteiger charge is 2.16. The molecule has 1 heterocycles. The maximum absolute atomic E-state index is 5.05. The molecular weight excluding hydrogens is 140 g/mol. The lowest BCUT2D eigenvalue weighted by atomic mass is 10.1. The minimum absolute atomic E-state index is 0.670. The van der Waals surface area contributed by atoms with Crippen LogP contribution in [0.1, 0.15) is 12.8 Å². The van der Waals surface area contributed by atoms with Gasteiger partial charge in [0.05, 0.1) is 6.73 Å². The van der Waals surface area contributed by atoms with Crippen molar-refractivity contribution >= 4 is 0 Å². The largest absolute Gasteiger partial charge is 0.369 e. The van der Waals surface area contributed by atoms with Gasteiger partial charge in [0.2, 0.25) is 0 Å². The smallest absolute Gasteiger partial charge is 0.0986 e. The zero-order valence-electron chi connectivity index (χ0n) is 7.47. The van der Waals surface area contributed by atoms with Gasteiger partial charge in [-0.2, -0.15) is 0 Å². The van der Waals surface area contributed by atoms with Crippen LogP contribution in [0, 0.1) is 0 Å². The average molecular weight is 158 g/mol. The van der Waals surface area contributed by atoms with Crippen LogP contribution in [-0.2, 0) is 4.74 Å². The minimum Gasteiger partial charge on any atom is -0.369 e. The van der Waals surface area contributed by atoms with Gasteiger partial charge in [0.15, 0.2) is 0 Å². The first kappa shape index (κ1) is 8.97. The summed E-state index contributed by atoms with van der Waals surface area (Å²) in [6.07, 6.45) is 2.59. The van der Waals surface area contributed by atoms with Gasteiger partial charge in [0.25, 0.3) is 0 Å². The van der Waals surface area contributed by atoms with Crippen LogP contribution in [0.5, 0.6) is 0 Å². The monoisotopic (exact) mass is 158 g/mol. The van der Waals surface area contributed by atoms with E-state index in [0.717, 1.165) is 13.3 Å². The Morgan fingerprint density at radius 3 is 3.00 bits per heavy atom. The van der Waals surface area contributed by atoms with E-state index in [9.17, 15) is 0 Å². The fourth-order valence-corrected chi connectivity index (χ4v) is 1.52. The average Bonchev–Trinajstić information content (AvgIpc) is 2.07. The summed E-state index contributed by atoms with van der Waals surface area (Å²) in [5.41, 5.74) is 0. The van der Waals surface area contributed by atoms with E-state index in [4.69, 9.17) is 4.74 Å². The van der Waals surface area contributed by atoms with Crippen molar-refractivity contribution in [1.29, 1.82) is 0 Å². The second-order valence-corrected chi connectivity index (χ2v) is 3.17. The molecule has 0 aliphatic carbocycles. The van der Waals surface area contributed by atoms with Gasteiger partial charge in [-0.25, -0.2) is 0 Å². The predicted molar refractivity (Wildman–Crippen MR) is 45.5 cm³/mol. The molecule has 1 fully saturated rings. The van der Waals surface area contributed by atoms with Gasteiger partial charge in [0.1, 0.15) is 0 Å². The Labute approximate surface area is 68.7 Å². The quantitative estimate of drug-likeness (QED) is 0.597. The normalized spacial score (nSPS) is 25.9. The highest BCUT2D eigenvalue weighted by atomic mass is 16.5. The Hall–Kier alpha value is -0.120. The van der Waals surface area contributed by atoms with E-state index in [1.165, 1.54) is 19.4 Å². The van der Waals surface area contributed by atoms with E-state index in [1.54, 1.807) is 7.11 Å². The van der Waals surface area contributed by atoms with E-state index in [0.29, 0.717) is 6.04 Å². The third kappa shape index (κ3) is 2.77. The molecule has 1 atom stereocenters. The third-order valence-corrected chi connectivity index (χ3v) is 2.23. The molecule has 0 spiro atoms. The predicted octanol–water partition coefficient (Wildman–Crippen LogP) is 0.274. The van der Waals surface area contributed by atoms with Crippen LogP contribution in [-0.4, -0.2) is 44.9 Å². The standard InChI is InChI=1S/C8H18N2O/c1-10(7-11-2)8-4-3-5-9-6-8/h8-9H,3-7H2,1-2H3. The van der Waals surface area contributed by atoms with E-state index in [-0.39, 0.29) is 0 Å². The van der Waals surface area contributed by atoms with Crippen molar-refractivity contribution in [3.05, 3.63) is 0 Å². The van der Waals surface area contributed by atoms with E-state index in [1.807, 2.05) is 0 Å². The zero-order chi connectivity index (χ0) is 8.10. The van der Waals surface area contributed by atoms with Gasteiger partial charge >= 0.3 is 0 Å². The molecule has 1 aliphatic rings. The van der Waals surface area contributed by atoms with Crippen LogP contribution in [0.4, 0.5) is 0 Å². The molecule has 3 nitrogen and oxygen atoms in total. The molecule has 0 aromatic heterocycles. The highest BCUT2D eigenvalue weighted by molar-refractivity contribution is 4.74. The molecular formula is C8H18N2O. The van der Waals surface area contributed by atoms with Crippen LogP contribution < -0.4 is 5.32 Å². The Morgan fingerprint density at radius 1 is 1.64 bits per heavy atom. The van der Waals surface area contributed by atoms with Crippen molar-refractivity contribution in [3.63, 3.8) is 0 Å². The summed E-state index contributed by atoms with van der Waals surface area (Å²) >= 11 is 0. The van der Waals surface area contributed by atoms with Crippen LogP contribution in [0.25, 0.3) is 0 Å². The van der Waals surface area contributed by atoms with Crippen molar-refractivity contribution in [2.75, 3.05) is 34.0 Å². The van der Waals surface area contributed by atoms with E-state index in [2.05, 4.69) is 17.3 Å². The Bertz CT molecular complexity index is 102. The number of nitrogens with zero attached hydrogens (tertiary/aromatic N) is 1. The molecule has 1 rings (SSSR count). The summed E-state index contributed by atoms with van der Waals surface area (Å²) in [5, 5.41) is 3.38. The first-order valence-electron chi connectivity index (χ1n) is 4.24. The number of hydrogen-bond donors (Lipinski definition) is 1. The van der Waals surface area contributed by atoms with Crippen LogP contribution in [0.2, 0.25) is 0 Å². The van der Waals surface area contributed by atoms with Gasteiger partial charge in [-0.1, -0.05) is 0 Å². The molecule has 3 heteroatoms. The molecule has 1 N–H and O–H groups in total. The summed E-state index contributed by atoms with van der Waals surface area (Å²) in [5.74, 6) is 0. The van der Waals surface area contributed by atoms with Crippen molar-refractivity contribution in [2.45, 2.75) is 18.9 Å². The lowest BCUT2D eigenvalue weighted by Gasteiger charge is -2.30. The summed E-state index contributed by atoms with van der Waals surface area (Å²) in [6, 6.07) is 0.670. The molecule has 11 heavy (non-hydrogen) atoms. The summed E-state index contributed by atoms with van der Waals surface area (Å²) in [7, 11) is 3.86. The highest BCUT2D eigenvalue weighted by Crippen LogP contribution is 2.07. The number of methoxy groups -OCH3 is 1. The first-order chi connectivity index (χ1) is 5.34. The molecule has 0 aromatic rings. The lowest BCUT2D eigenvalue weighted by molar-refractivity contribution is 0.0453. The van der Waals surface area contributed by atoms with Crippen molar-refractivity contribution in [3.8, 4) is 0 Å². The number of nitrogens with one attached hydrogen (secondary N) is 1. The number of piperidine rings is 1. The lowest BCUT2D eigenvalue weighted by Crippen LogP contribution is -2.44. The second-order valence-electron chi connectivity index (χ2n) is 3.17. The minimum atomic E-state index is 0.670. The molecule has 0 aromatic carbocycles. The molecule has 1 unspecified atom stereocenters. The number of rotatable bonds is 3. The van der Waals surface area contributed by atoms with Gasteiger partial charge < -0.3 is 10.1 Å². The van der Waals surface area contributed by atoms with Crippen molar-refractivity contribution in [1.82, 2.24) is 10.2 Å². The SMILES string of the molecule is COCN(C)C1CCCNC1. The van der Waals surface area contributed by atoms with Crippen molar-refractivity contribution in [2.24, 2.45) is 0 Å². The Balaban J connectivity index is 2.21. The Kier molecular flexibility index (Phi) is 3.83. The first-order valence-corrected chi connectivity index (χ1v) is 4.24. The number of likely N-dealkylation sites (N-methyl/N-ethyl adjacent to an activating group) is 1. The van der Waals surface area contributed by atoms with Crippen LogP contribution in [0.15, 0.2) is 0 Å². The third-order valence-electron chi connectivity index (χ3n) is 2.23. The van der Waals surface area contributed by atoms with Gasteiger partial charge in [-0.15, -0.1) is 0 Å². The van der Waals surface area contributed by atoms with Gasteiger partial charge in [-0.05, 0) is 26.4 Å². The fourth-order valence-electron chi connectivity index (χ4n) is 1.52. The van der Waals surface area contributed by atoms with Crippen molar-refractivity contribution < 1.29 is 4.74 Å². The fraction of sp³-hybridized carbons (Fsp3) is 1.00. The topological polar surface area (TPSA) is 24.5 Å². The second kappa shape index (κ2) is 4.70. The summed E-state index contributed by atoms with van der Waals surface area (Å²) in [4.78, 5) is 2.26. The molecule has 1 aliphatic heterocycles. The maximum atomic E-state index is 5.05. The van der Waals surface area contributed by atoms with E-state index >= 15 is 0 Å². The zero-order valence-corrected chi connectivity index (χ0v) is 7.47. The Morgan fingerprint density at radius 2 is 2.45 bits per heavy atom. The molecule has 1 saturated heterocycles. The number of ether oxygens (including phenoxy) is 1. The molecule has 0 bridgehead atoms. The maximum Gasteiger partial charge on any atom is 0.0986 e. The van der Waals surface area contributed by atoms with Crippen LogP contribution >= 0.6 is 0 Å². The molecule has 0 radical (unpaired) electrons. The molecule has 0 saturated carbocycles. The molecule has 66 valence electrons. The van der Waals surface area contributed by atoms with Gasteiger partial charge in [-0.3, -0.25) is 4.90 Å². The van der Waals surface area contributed by atoms with Crippen LogP contribution in [0.3, 0.4) is 0 Å².